The molecule has 6 nitrogen and oxygen atoms in total. The minimum Gasteiger partial charge on any atom is -0.383 e. The van der Waals surface area contributed by atoms with Gasteiger partial charge in [-0.25, -0.2) is 18.2 Å². The molecule has 5 rings (SSSR count). The maximum absolute atomic E-state index is 14.9. The predicted octanol–water partition coefficient (Wildman–Crippen LogP) is 4.73. The fourth-order valence-corrected chi connectivity index (χ4v) is 5.16. The van der Waals surface area contributed by atoms with Crippen LogP contribution >= 0.6 is 0 Å². The monoisotopic (exact) mass is 527 g/mol. The molecule has 38 heavy (non-hydrogen) atoms. The lowest BCUT2D eigenvalue weighted by Crippen LogP contribution is -2.46. The van der Waals surface area contributed by atoms with Crippen LogP contribution < -0.4 is 16.0 Å². The van der Waals surface area contributed by atoms with E-state index in [1.807, 2.05) is 24.3 Å². The van der Waals surface area contributed by atoms with Crippen molar-refractivity contribution in [2.45, 2.75) is 25.7 Å². The molecule has 0 radical (unpaired) electrons. The number of nitrogen functional groups attached to an aromatic ring is 1. The number of hydrogen-bond acceptors (Lipinski definition) is 5. The summed E-state index contributed by atoms with van der Waals surface area (Å²) in [6.07, 6.45) is -1.35. The fraction of sp³-hybridized carbons (Fsp3) is 0.357. The van der Waals surface area contributed by atoms with E-state index in [1.165, 1.54) is 6.07 Å². The van der Waals surface area contributed by atoms with Crippen molar-refractivity contribution in [3.63, 3.8) is 0 Å². The smallest absolute Gasteiger partial charge is 0.254 e. The maximum Gasteiger partial charge on any atom is 0.254 e. The van der Waals surface area contributed by atoms with Crippen LogP contribution in [-0.4, -0.2) is 61.5 Å². The Morgan fingerprint density at radius 2 is 1.71 bits per heavy atom. The van der Waals surface area contributed by atoms with Gasteiger partial charge in [0.2, 0.25) is 12.4 Å². The van der Waals surface area contributed by atoms with Crippen LogP contribution in [0.25, 0.3) is 22.3 Å². The van der Waals surface area contributed by atoms with Gasteiger partial charge in [0.1, 0.15) is 11.6 Å². The van der Waals surface area contributed by atoms with Crippen molar-refractivity contribution in [1.29, 1.82) is 0 Å². The van der Waals surface area contributed by atoms with E-state index >= 15 is 0 Å². The molecule has 0 spiro atoms. The van der Waals surface area contributed by atoms with Gasteiger partial charge >= 0.3 is 0 Å². The zero-order chi connectivity index (χ0) is 26.8. The van der Waals surface area contributed by atoms with Gasteiger partial charge < -0.3 is 16.0 Å². The average molecular weight is 528 g/mol. The van der Waals surface area contributed by atoms with Crippen LogP contribution in [0.1, 0.15) is 28.8 Å². The van der Waals surface area contributed by atoms with E-state index < -0.39 is 24.1 Å². The highest BCUT2D eigenvalue weighted by Crippen LogP contribution is 2.34. The molecule has 10 heteroatoms. The van der Waals surface area contributed by atoms with Crippen molar-refractivity contribution in [1.82, 2.24) is 15.2 Å². The van der Waals surface area contributed by atoms with Gasteiger partial charge in [-0.2, -0.15) is 4.39 Å². The van der Waals surface area contributed by atoms with E-state index in [2.05, 4.69) is 20.1 Å². The number of nitrogens with two attached hydrogens (primary N) is 1. The standard InChI is InChI=1S/C28H29F4N5O/c29-23-15-19(14-18-7-8-34-28(38)25(18)23)22-16-21(26(32)35-27(22)33)17-3-5-20(6-4-17)37-12-10-36(11-13-37)9-1-2-24(30)31/h3-6,14-16,24H,1-2,7-13H2,(H2,33,35)(H,34,38). The van der Waals surface area contributed by atoms with Crippen molar-refractivity contribution < 1.29 is 22.4 Å². The summed E-state index contributed by atoms with van der Waals surface area (Å²) < 4.78 is 54.5. The summed E-state index contributed by atoms with van der Waals surface area (Å²) in [7, 11) is 0. The number of rotatable bonds is 7. The van der Waals surface area contributed by atoms with Gasteiger partial charge in [-0.1, -0.05) is 12.1 Å². The first-order valence-electron chi connectivity index (χ1n) is 12.7. The second-order valence-electron chi connectivity index (χ2n) is 9.67. The quantitative estimate of drug-likeness (QED) is 0.343. The molecule has 1 amide bonds. The lowest BCUT2D eigenvalue weighted by Gasteiger charge is -2.36. The highest BCUT2D eigenvalue weighted by molar-refractivity contribution is 5.98. The van der Waals surface area contributed by atoms with Gasteiger partial charge in [-0.15, -0.1) is 0 Å². The average Bonchev–Trinajstić information content (AvgIpc) is 2.89. The zero-order valence-corrected chi connectivity index (χ0v) is 20.8. The van der Waals surface area contributed by atoms with E-state index in [9.17, 15) is 22.4 Å². The SMILES string of the molecule is Nc1nc(F)c(-c2ccc(N3CCN(CCCC(F)F)CC3)cc2)cc1-c1cc(F)c2c(c1)CCNC2=O. The number of alkyl halides is 2. The third-order valence-electron chi connectivity index (χ3n) is 7.21. The normalized spacial score (nSPS) is 16.0. The number of carbonyl (C=O) groups is 1. The van der Waals surface area contributed by atoms with Crippen molar-refractivity contribution in [3.8, 4) is 22.3 Å². The number of halogens is 4. The lowest BCUT2D eigenvalue weighted by molar-refractivity contribution is 0.0941. The van der Waals surface area contributed by atoms with Gasteiger partial charge in [0.05, 0.1) is 5.56 Å². The van der Waals surface area contributed by atoms with Gasteiger partial charge in [0, 0.05) is 56.0 Å². The topological polar surface area (TPSA) is 74.5 Å². The third kappa shape index (κ3) is 5.45. The third-order valence-corrected chi connectivity index (χ3v) is 7.21. The van der Waals surface area contributed by atoms with Gasteiger partial charge in [0.15, 0.2) is 0 Å². The van der Waals surface area contributed by atoms with E-state index in [0.717, 1.165) is 31.9 Å². The predicted molar refractivity (Wildman–Crippen MR) is 139 cm³/mol. The minimum atomic E-state index is -2.26. The molecule has 2 aromatic carbocycles. The summed E-state index contributed by atoms with van der Waals surface area (Å²) in [5.41, 5.74) is 9.28. The second kappa shape index (κ2) is 11.0. The molecule has 3 N–H and O–H groups in total. The molecular weight excluding hydrogens is 498 g/mol. The van der Waals surface area contributed by atoms with Gasteiger partial charge in [-0.05, 0) is 66.4 Å². The largest absolute Gasteiger partial charge is 0.383 e. The summed E-state index contributed by atoms with van der Waals surface area (Å²) in [6, 6.07) is 11.9. The van der Waals surface area contributed by atoms with E-state index in [1.54, 1.807) is 12.1 Å². The van der Waals surface area contributed by atoms with Crippen LogP contribution in [0.2, 0.25) is 0 Å². The number of nitrogens with one attached hydrogen (secondary N) is 1. The second-order valence-corrected chi connectivity index (χ2v) is 9.67. The Morgan fingerprint density at radius 3 is 2.42 bits per heavy atom. The van der Waals surface area contributed by atoms with Crippen LogP contribution in [-0.2, 0) is 6.42 Å². The van der Waals surface area contributed by atoms with Gasteiger partial charge in [0.25, 0.3) is 5.91 Å². The summed E-state index contributed by atoms with van der Waals surface area (Å²) in [5.74, 6) is -1.89. The Bertz CT molecular complexity index is 1320. The van der Waals surface area contributed by atoms with Crippen molar-refractivity contribution in [2.24, 2.45) is 0 Å². The number of anilines is 2. The molecule has 0 bridgehead atoms. The molecule has 1 aromatic heterocycles. The number of pyridine rings is 1. The number of hydrogen-bond donors (Lipinski definition) is 2. The summed E-state index contributed by atoms with van der Waals surface area (Å²) in [4.78, 5) is 20.3. The molecule has 200 valence electrons. The van der Waals surface area contributed by atoms with E-state index in [0.29, 0.717) is 48.2 Å². The summed E-state index contributed by atoms with van der Waals surface area (Å²) >= 11 is 0. The van der Waals surface area contributed by atoms with Crippen molar-refractivity contribution in [3.05, 3.63) is 65.4 Å². The fourth-order valence-electron chi connectivity index (χ4n) is 5.16. The Labute approximate surface area is 218 Å². The Balaban J connectivity index is 1.33. The molecule has 0 atom stereocenters. The Kier molecular flexibility index (Phi) is 7.51. The van der Waals surface area contributed by atoms with Crippen LogP contribution in [0.4, 0.5) is 29.1 Å². The van der Waals surface area contributed by atoms with Crippen LogP contribution in [0.5, 0.6) is 0 Å². The van der Waals surface area contributed by atoms with E-state index in [4.69, 9.17) is 5.73 Å². The lowest BCUT2D eigenvalue weighted by atomic mass is 9.93. The highest BCUT2D eigenvalue weighted by atomic mass is 19.3. The molecule has 1 saturated heterocycles. The van der Waals surface area contributed by atoms with Crippen molar-refractivity contribution >= 4 is 17.4 Å². The number of benzene rings is 2. The Morgan fingerprint density at radius 1 is 0.974 bits per heavy atom. The molecule has 2 aliphatic heterocycles. The number of fused-ring (bicyclic) bond motifs is 1. The summed E-state index contributed by atoms with van der Waals surface area (Å²) in [6.45, 7) is 4.23. The van der Waals surface area contributed by atoms with Crippen LogP contribution in [0.15, 0.2) is 42.5 Å². The highest BCUT2D eigenvalue weighted by Gasteiger charge is 2.24. The van der Waals surface area contributed by atoms with Crippen LogP contribution in [0.3, 0.4) is 0 Å². The molecule has 2 aliphatic rings. The van der Waals surface area contributed by atoms with Gasteiger partial charge in [-0.3, -0.25) is 9.69 Å². The Hall–Kier alpha value is -3.66. The molecule has 3 aromatic rings. The number of aromatic nitrogens is 1. The summed E-state index contributed by atoms with van der Waals surface area (Å²) in [5, 5.41) is 2.63. The molecule has 3 heterocycles. The minimum absolute atomic E-state index is 0.0263. The van der Waals surface area contributed by atoms with Crippen LogP contribution in [0, 0.1) is 11.8 Å². The number of nitrogens with zero attached hydrogens (tertiary/aromatic N) is 3. The first-order chi connectivity index (χ1) is 18.3. The first kappa shape index (κ1) is 26.0. The number of piperazine rings is 1. The van der Waals surface area contributed by atoms with Crippen molar-refractivity contribution in [2.75, 3.05) is 49.9 Å². The molecule has 0 saturated carbocycles. The number of amides is 1. The first-order valence-corrected chi connectivity index (χ1v) is 12.7. The molecule has 0 aliphatic carbocycles. The maximum atomic E-state index is 14.9. The molecule has 0 unspecified atom stereocenters. The van der Waals surface area contributed by atoms with E-state index in [-0.39, 0.29) is 23.4 Å². The number of carbonyl (C=O) groups excluding carboxylic acids is 1. The molecule has 1 fully saturated rings. The zero-order valence-electron chi connectivity index (χ0n) is 20.8. The molecular formula is C28H29F4N5O.